The fourth-order valence-corrected chi connectivity index (χ4v) is 3.29. The zero-order valence-electron chi connectivity index (χ0n) is 15.5. The Morgan fingerprint density at radius 2 is 1.82 bits per heavy atom. The van der Waals surface area contributed by atoms with Gasteiger partial charge < -0.3 is 9.88 Å². The number of halogens is 1. The molecular weight excluding hydrogens is 353 g/mol. The second kappa shape index (κ2) is 7.64. The minimum Gasteiger partial charge on any atom is -0.352 e. The van der Waals surface area contributed by atoms with Gasteiger partial charge in [-0.3, -0.25) is 4.79 Å². The summed E-state index contributed by atoms with van der Waals surface area (Å²) < 4.78 is 16.1. The monoisotopic (exact) mass is 373 g/mol. The molecule has 1 heterocycles. The molecule has 0 spiro atoms. The van der Waals surface area contributed by atoms with Crippen molar-refractivity contribution in [2.45, 2.75) is 19.9 Å². The van der Waals surface area contributed by atoms with Crippen molar-refractivity contribution in [3.8, 4) is 5.69 Å². The summed E-state index contributed by atoms with van der Waals surface area (Å²) >= 11 is 0. The Bertz CT molecular complexity index is 1150. The molecule has 4 aromatic rings. The van der Waals surface area contributed by atoms with Gasteiger partial charge in [-0.2, -0.15) is 0 Å². The molecule has 4 rings (SSSR count). The van der Waals surface area contributed by atoms with Crippen LogP contribution in [0.3, 0.4) is 0 Å². The Morgan fingerprint density at radius 3 is 2.57 bits per heavy atom. The summed E-state index contributed by atoms with van der Waals surface area (Å²) in [4.78, 5) is 16.4. The molecule has 1 amide bonds. The van der Waals surface area contributed by atoms with Crippen LogP contribution in [-0.4, -0.2) is 15.5 Å². The van der Waals surface area contributed by atoms with Crippen molar-refractivity contribution in [1.29, 1.82) is 0 Å². The van der Waals surface area contributed by atoms with Crippen molar-refractivity contribution in [3.63, 3.8) is 0 Å². The van der Waals surface area contributed by atoms with E-state index in [2.05, 4.69) is 10.3 Å². The van der Waals surface area contributed by atoms with E-state index in [1.165, 1.54) is 6.07 Å². The Labute approximate surface area is 162 Å². The molecule has 5 heteroatoms. The number of amides is 1. The zero-order chi connectivity index (χ0) is 19.5. The lowest BCUT2D eigenvalue weighted by Gasteiger charge is -2.10. The number of hydrogen-bond donors (Lipinski definition) is 1. The van der Waals surface area contributed by atoms with E-state index in [1.54, 1.807) is 23.0 Å². The SMILES string of the molecule is Cc1nccn1-c1ccc(CNC(=O)Cc2ccc3ccccc3c2)cc1F. The first-order valence-electron chi connectivity index (χ1n) is 9.13. The van der Waals surface area contributed by atoms with Crippen molar-refractivity contribution in [2.75, 3.05) is 0 Å². The van der Waals surface area contributed by atoms with Crippen LogP contribution in [0.2, 0.25) is 0 Å². The van der Waals surface area contributed by atoms with Gasteiger partial charge in [0.05, 0.1) is 12.1 Å². The van der Waals surface area contributed by atoms with E-state index < -0.39 is 0 Å². The Kier molecular flexibility index (Phi) is 4.89. The summed E-state index contributed by atoms with van der Waals surface area (Å²) in [6.07, 6.45) is 3.65. The molecule has 0 aliphatic carbocycles. The molecule has 0 aliphatic rings. The topological polar surface area (TPSA) is 46.9 Å². The summed E-state index contributed by atoms with van der Waals surface area (Å²) in [7, 11) is 0. The first-order chi connectivity index (χ1) is 13.6. The average molecular weight is 373 g/mol. The van der Waals surface area contributed by atoms with E-state index in [-0.39, 0.29) is 18.3 Å². The highest BCUT2D eigenvalue weighted by Crippen LogP contribution is 2.18. The normalized spacial score (nSPS) is 10.9. The van der Waals surface area contributed by atoms with Crippen LogP contribution in [0.4, 0.5) is 4.39 Å². The molecule has 0 unspecified atom stereocenters. The molecule has 140 valence electrons. The Hall–Kier alpha value is -3.47. The summed E-state index contributed by atoms with van der Waals surface area (Å²) in [5, 5.41) is 5.12. The van der Waals surface area contributed by atoms with E-state index >= 15 is 0 Å². The summed E-state index contributed by atoms with van der Waals surface area (Å²) in [5.41, 5.74) is 2.11. The van der Waals surface area contributed by atoms with Crippen LogP contribution in [0.25, 0.3) is 16.5 Å². The third kappa shape index (κ3) is 3.78. The van der Waals surface area contributed by atoms with E-state index in [1.807, 2.05) is 55.5 Å². The molecule has 0 saturated heterocycles. The standard InChI is InChI=1S/C23H20FN3O/c1-16-25-10-11-27(16)22-9-7-18(13-21(22)24)15-26-23(28)14-17-6-8-19-4-2-3-5-20(19)12-17/h2-13H,14-15H2,1H3,(H,26,28). The largest absolute Gasteiger partial charge is 0.352 e. The van der Waals surface area contributed by atoms with Crippen molar-refractivity contribution < 1.29 is 9.18 Å². The van der Waals surface area contributed by atoms with Gasteiger partial charge in [-0.15, -0.1) is 0 Å². The van der Waals surface area contributed by atoms with E-state index in [9.17, 15) is 9.18 Å². The second-order valence-corrected chi connectivity index (χ2v) is 6.77. The number of nitrogens with zero attached hydrogens (tertiary/aromatic N) is 2. The number of nitrogens with one attached hydrogen (secondary N) is 1. The molecule has 0 saturated carbocycles. The van der Waals surface area contributed by atoms with Crippen molar-refractivity contribution >= 4 is 16.7 Å². The number of aromatic nitrogens is 2. The molecule has 1 aromatic heterocycles. The molecule has 3 aromatic carbocycles. The Balaban J connectivity index is 1.40. The van der Waals surface area contributed by atoms with Crippen LogP contribution in [0.5, 0.6) is 0 Å². The number of carbonyl (C=O) groups is 1. The fraction of sp³-hybridized carbons (Fsp3) is 0.130. The van der Waals surface area contributed by atoms with Gasteiger partial charge >= 0.3 is 0 Å². The maximum absolute atomic E-state index is 14.5. The highest BCUT2D eigenvalue weighted by molar-refractivity contribution is 5.85. The smallest absolute Gasteiger partial charge is 0.224 e. The average Bonchev–Trinajstić information content (AvgIpc) is 3.12. The number of fused-ring (bicyclic) bond motifs is 1. The van der Waals surface area contributed by atoms with Crippen molar-refractivity contribution in [2.24, 2.45) is 0 Å². The number of carbonyl (C=O) groups excluding carboxylic acids is 1. The molecule has 0 atom stereocenters. The minimum absolute atomic E-state index is 0.0924. The van der Waals surface area contributed by atoms with Gasteiger partial charge in [0, 0.05) is 18.9 Å². The molecule has 4 nitrogen and oxygen atoms in total. The van der Waals surface area contributed by atoms with Crippen LogP contribution in [-0.2, 0) is 17.8 Å². The zero-order valence-corrected chi connectivity index (χ0v) is 15.5. The summed E-state index contributed by atoms with van der Waals surface area (Å²) in [6, 6.07) is 19.0. The van der Waals surface area contributed by atoms with E-state index in [0.717, 1.165) is 22.2 Å². The highest BCUT2D eigenvalue weighted by atomic mass is 19.1. The maximum Gasteiger partial charge on any atom is 0.224 e. The van der Waals surface area contributed by atoms with Gasteiger partial charge in [0.15, 0.2) is 0 Å². The number of rotatable bonds is 5. The van der Waals surface area contributed by atoms with Crippen LogP contribution in [0.1, 0.15) is 17.0 Å². The predicted octanol–water partition coefficient (Wildman–Crippen LogP) is 4.33. The van der Waals surface area contributed by atoms with Crippen molar-refractivity contribution in [3.05, 3.63) is 95.8 Å². The van der Waals surface area contributed by atoms with Gasteiger partial charge in [0.2, 0.25) is 5.91 Å². The molecule has 28 heavy (non-hydrogen) atoms. The lowest BCUT2D eigenvalue weighted by molar-refractivity contribution is -0.120. The number of imidazole rings is 1. The molecule has 1 N–H and O–H groups in total. The van der Waals surface area contributed by atoms with E-state index in [4.69, 9.17) is 0 Å². The number of benzene rings is 3. The quantitative estimate of drug-likeness (QED) is 0.566. The molecule has 0 aliphatic heterocycles. The van der Waals surface area contributed by atoms with Crippen LogP contribution < -0.4 is 5.32 Å². The molecule has 0 bridgehead atoms. The van der Waals surface area contributed by atoms with Gasteiger partial charge in [0.1, 0.15) is 11.6 Å². The first kappa shape index (κ1) is 17.9. The number of aryl methyl sites for hydroxylation is 1. The van der Waals surface area contributed by atoms with Gasteiger partial charge in [-0.1, -0.05) is 48.5 Å². The van der Waals surface area contributed by atoms with Crippen LogP contribution >= 0.6 is 0 Å². The second-order valence-electron chi connectivity index (χ2n) is 6.77. The highest BCUT2D eigenvalue weighted by Gasteiger charge is 2.09. The van der Waals surface area contributed by atoms with Gasteiger partial charge in [-0.25, -0.2) is 9.37 Å². The first-order valence-corrected chi connectivity index (χ1v) is 9.13. The third-order valence-electron chi connectivity index (χ3n) is 4.77. The van der Waals surface area contributed by atoms with E-state index in [0.29, 0.717) is 17.7 Å². The third-order valence-corrected chi connectivity index (χ3v) is 4.77. The van der Waals surface area contributed by atoms with Crippen LogP contribution in [0, 0.1) is 12.7 Å². The predicted molar refractivity (Wildman–Crippen MR) is 108 cm³/mol. The number of hydrogen-bond acceptors (Lipinski definition) is 2. The maximum atomic E-state index is 14.5. The van der Waals surface area contributed by atoms with Gasteiger partial charge in [-0.05, 0) is 41.0 Å². The van der Waals surface area contributed by atoms with Crippen molar-refractivity contribution in [1.82, 2.24) is 14.9 Å². The minimum atomic E-state index is -0.345. The van der Waals surface area contributed by atoms with Crippen LogP contribution in [0.15, 0.2) is 73.1 Å². The molecule has 0 radical (unpaired) electrons. The summed E-state index contributed by atoms with van der Waals surface area (Å²) in [5.74, 6) is 0.280. The Morgan fingerprint density at radius 1 is 1.04 bits per heavy atom. The molecular formula is C23H20FN3O. The molecule has 0 fully saturated rings. The lowest BCUT2D eigenvalue weighted by atomic mass is 10.0. The lowest BCUT2D eigenvalue weighted by Crippen LogP contribution is -2.24. The summed E-state index contributed by atoms with van der Waals surface area (Å²) in [6.45, 7) is 2.10. The fourth-order valence-electron chi connectivity index (χ4n) is 3.29. The van der Waals surface area contributed by atoms with Gasteiger partial charge in [0.25, 0.3) is 0 Å².